The molecule has 0 aliphatic heterocycles. The van der Waals surface area contributed by atoms with Gasteiger partial charge in [-0.1, -0.05) is 134 Å². The number of nitrogens with two attached hydrogens (primary N) is 1. The van der Waals surface area contributed by atoms with Crippen molar-refractivity contribution in [3.8, 4) is 0 Å². The number of hydrogen-bond acceptors (Lipinski definition) is 9. The average Bonchev–Trinajstić information content (AvgIpc) is 3.09. The largest absolute Gasteiger partial charge is 0.480 e. The number of phosphoric acid groups is 1. The molecule has 0 aliphatic carbocycles. The van der Waals surface area contributed by atoms with Crippen molar-refractivity contribution in [1.82, 2.24) is 0 Å². The van der Waals surface area contributed by atoms with Crippen LogP contribution in [0.15, 0.2) is 24.3 Å². The van der Waals surface area contributed by atoms with Crippen molar-refractivity contribution in [1.29, 1.82) is 0 Å². The monoisotopic (exact) mass is 731 g/mol. The molecule has 0 spiro atoms. The van der Waals surface area contributed by atoms with Crippen molar-refractivity contribution in [2.24, 2.45) is 5.73 Å². The van der Waals surface area contributed by atoms with Gasteiger partial charge < -0.3 is 25.2 Å². The van der Waals surface area contributed by atoms with Crippen LogP contribution in [0.3, 0.4) is 0 Å². The van der Waals surface area contributed by atoms with Crippen LogP contribution in [0.4, 0.5) is 0 Å². The molecule has 0 fully saturated rings. The molecule has 0 bridgehead atoms. The molecule has 0 aromatic heterocycles. The number of esters is 2. The smallest absolute Gasteiger partial charge is 0.472 e. The van der Waals surface area contributed by atoms with Gasteiger partial charge in [0.2, 0.25) is 0 Å². The molecule has 292 valence electrons. The summed E-state index contributed by atoms with van der Waals surface area (Å²) in [6.45, 7) is 2.74. The summed E-state index contributed by atoms with van der Waals surface area (Å²) in [7, 11) is -4.71. The Labute approximate surface area is 302 Å². The average molecular weight is 732 g/mol. The first-order chi connectivity index (χ1) is 24.1. The number of ether oxygens (including phenoxy) is 2. The van der Waals surface area contributed by atoms with Gasteiger partial charge in [0, 0.05) is 12.8 Å². The topological polar surface area (TPSA) is 172 Å². The molecule has 0 saturated heterocycles. The molecule has 3 atom stereocenters. The zero-order valence-corrected chi connectivity index (χ0v) is 32.1. The van der Waals surface area contributed by atoms with Crippen molar-refractivity contribution in [3.63, 3.8) is 0 Å². The predicted octanol–water partition coefficient (Wildman–Crippen LogP) is 9.50. The molecule has 0 rings (SSSR count). The Bertz CT molecular complexity index is 958. The van der Waals surface area contributed by atoms with Gasteiger partial charge in [-0.25, -0.2) is 4.57 Å². The lowest BCUT2D eigenvalue weighted by atomic mass is 10.1. The fourth-order valence-corrected chi connectivity index (χ4v) is 5.87. The van der Waals surface area contributed by atoms with Crippen LogP contribution < -0.4 is 5.73 Å². The highest BCUT2D eigenvalue weighted by molar-refractivity contribution is 7.47. The summed E-state index contributed by atoms with van der Waals surface area (Å²) in [4.78, 5) is 45.7. The van der Waals surface area contributed by atoms with E-state index in [0.29, 0.717) is 12.8 Å². The number of aliphatic carboxylic acids is 1. The number of phosphoric ester groups is 1. The van der Waals surface area contributed by atoms with Crippen LogP contribution in [-0.4, -0.2) is 59.9 Å². The van der Waals surface area contributed by atoms with Crippen LogP contribution in [0.1, 0.15) is 168 Å². The minimum atomic E-state index is -4.71. The van der Waals surface area contributed by atoms with Crippen LogP contribution >= 0.6 is 7.82 Å². The second-order valence-corrected chi connectivity index (χ2v) is 14.5. The van der Waals surface area contributed by atoms with E-state index in [2.05, 4.69) is 42.7 Å². The van der Waals surface area contributed by atoms with Gasteiger partial charge in [-0.05, 0) is 44.9 Å². The lowest BCUT2D eigenvalue weighted by molar-refractivity contribution is -0.161. The first-order valence-corrected chi connectivity index (χ1v) is 20.9. The first-order valence-electron chi connectivity index (χ1n) is 19.4. The van der Waals surface area contributed by atoms with Gasteiger partial charge in [0.1, 0.15) is 12.6 Å². The number of hydrogen-bond donors (Lipinski definition) is 3. The first kappa shape index (κ1) is 48.0. The Kier molecular flexibility index (Phi) is 32.7. The molecular weight excluding hydrogens is 661 g/mol. The highest BCUT2D eigenvalue weighted by atomic mass is 31.2. The second-order valence-electron chi connectivity index (χ2n) is 13.1. The molecule has 0 heterocycles. The highest BCUT2D eigenvalue weighted by Crippen LogP contribution is 2.43. The maximum Gasteiger partial charge on any atom is 0.472 e. The third-order valence-corrected chi connectivity index (χ3v) is 9.15. The molecule has 3 unspecified atom stereocenters. The van der Waals surface area contributed by atoms with Crippen molar-refractivity contribution >= 4 is 25.7 Å². The number of allylic oxidation sites excluding steroid dienone is 4. The van der Waals surface area contributed by atoms with Gasteiger partial charge in [0.25, 0.3) is 0 Å². The van der Waals surface area contributed by atoms with Crippen LogP contribution in [0, 0.1) is 0 Å². The number of carbonyl (C=O) groups is 3. The SMILES string of the molecule is CCCCC/C=C\C/C=C\CCCCCCCC(=O)OC(COC(=O)CCCCCCCCCCCCC)COP(=O)(O)OCC(N)C(=O)O. The number of rotatable bonds is 36. The summed E-state index contributed by atoms with van der Waals surface area (Å²) in [5, 5.41) is 8.85. The summed E-state index contributed by atoms with van der Waals surface area (Å²) in [5.41, 5.74) is 5.31. The van der Waals surface area contributed by atoms with Gasteiger partial charge in [0.15, 0.2) is 6.10 Å². The predicted molar refractivity (Wildman–Crippen MR) is 199 cm³/mol. The molecule has 0 saturated carbocycles. The maximum absolute atomic E-state index is 12.6. The van der Waals surface area contributed by atoms with Gasteiger partial charge >= 0.3 is 25.7 Å². The summed E-state index contributed by atoms with van der Waals surface area (Å²) in [5.74, 6) is -2.39. The van der Waals surface area contributed by atoms with Crippen LogP contribution in [0.5, 0.6) is 0 Å². The number of carboxylic acid groups (broad SMARTS) is 1. The molecule has 50 heavy (non-hydrogen) atoms. The Morgan fingerprint density at radius 3 is 1.60 bits per heavy atom. The van der Waals surface area contributed by atoms with Gasteiger partial charge in [0.05, 0.1) is 13.2 Å². The molecular formula is C38H70NO10P. The zero-order chi connectivity index (χ0) is 37.1. The minimum Gasteiger partial charge on any atom is -0.480 e. The van der Waals surface area contributed by atoms with Crippen LogP contribution in [0.25, 0.3) is 0 Å². The fraction of sp³-hybridized carbons (Fsp3) is 0.816. The molecule has 0 aromatic carbocycles. The van der Waals surface area contributed by atoms with Crippen molar-refractivity contribution in [2.45, 2.75) is 180 Å². The van der Waals surface area contributed by atoms with Crippen LogP contribution in [-0.2, 0) is 37.5 Å². The van der Waals surface area contributed by atoms with E-state index >= 15 is 0 Å². The molecule has 11 nitrogen and oxygen atoms in total. The summed E-state index contributed by atoms with van der Waals surface area (Å²) >= 11 is 0. The van der Waals surface area contributed by atoms with Crippen LogP contribution in [0.2, 0.25) is 0 Å². The van der Waals surface area contributed by atoms with Gasteiger partial charge in [-0.15, -0.1) is 0 Å². The Morgan fingerprint density at radius 2 is 1.06 bits per heavy atom. The van der Waals surface area contributed by atoms with Crippen molar-refractivity contribution < 1.29 is 47.5 Å². The van der Waals surface area contributed by atoms with Gasteiger partial charge in [-0.3, -0.25) is 23.4 Å². The van der Waals surface area contributed by atoms with E-state index in [1.165, 1.54) is 64.2 Å². The highest BCUT2D eigenvalue weighted by Gasteiger charge is 2.28. The molecule has 12 heteroatoms. The van der Waals surface area contributed by atoms with Gasteiger partial charge in [-0.2, -0.15) is 0 Å². The molecule has 0 aromatic rings. The Hall–Kier alpha value is -2.04. The van der Waals surface area contributed by atoms with E-state index in [1.807, 2.05) is 0 Å². The summed E-state index contributed by atoms with van der Waals surface area (Å²) < 4.78 is 32.5. The molecule has 0 aliphatic rings. The summed E-state index contributed by atoms with van der Waals surface area (Å²) in [6, 6.07) is -1.52. The fourth-order valence-electron chi connectivity index (χ4n) is 5.09. The van der Waals surface area contributed by atoms with E-state index < -0.39 is 51.1 Å². The summed E-state index contributed by atoms with van der Waals surface area (Å²) in [6.07, 6.45) is 32.4. The Balaban J connectivity index is 4.46. The maximum atomic E-state index is 12.6. The quantitative estimate of drug-likeness (QED) is 0.0242. The van der Waals surface area contributed by atoms with E-state index in [0.717, 1.165) is 64.2 Å². The molecule has 0 amide bonds. The standard InChI is InChI=1S/C38H70NO10P/c1-3-5-7-9-11-13-15-16-17-18-20-22-24-26-28-30-37(41)49-34(32-47-50(44,45)48-33-35(39)38(42)43)31-46-36(40)29-27-25-23-21-19-14-12-10-8-6-4-2/h11,13,16-17,34-35H,3-10,12,14-15,18-33,39H2,1-2H3,(H,42,43)(H,44,45)/b13-11-,17-16-. The van der Waals surface area contributed by atoms with E-state index in [-0.39, 0.29) is 19.4 Å². The third kappa shape index (κ3) is 33.1. The minimum absolute atomic E-state index is 0.147. The van der Waals surface area contributed by atoms with E-state index in [4.69, 9.17) is 24.8 Å². The lowest BCUT2D eigenvalue weighted by Crippen LogP contribution is -2.34. The van der Waals surface area contributed by atoms with E-state index in [9.17, 15) is 23.8 Å². The van der Waals surface area contributed by atoms with Crippen molar-refractivity contribution in [2.75, 3.05) is 19.8 Å². The second kappa shape index (κ2) is 34.1. The lowest BCUT2D eigenvalue weighted by Gasteiger charge is -2.20. The molecule has 4 N–H and O–H groups in total. The number of carbonyl (C=O) groups excluding carboxylic acids is 2. The zero-order valence-electron chi connectivity index (χ0n) is 31.2. The van der Waals surface area contributed by atoms with E-state index in [1.54, 1.807) is 0 Å². The Morgan fingerprint density at radius 1 is 0.620 bits per heavy atom. The normalized spacial score (nSPS) is 14.2. The molecule has 0 radical (unpaired) electrons. The number of unbranched alkanes of at least 4 members (excludes halogenated alkanes) is 18. The number of carboxylic acids is 1. The van der Waals surface area contributed by atoms with Crippen molar-refractivity contribution in [3.05, 3.63) is 24.3 Å². The third-order valence-electron chi connectivity index (χ3n) is 8.20.